The van der Waals surface area contributed by atoms with Crippen molar-refractivity contribution in [3.05, 3.63) is 87.0 Å². The minimum Gasteiger partial charge on any atom is -0.480 e. The van der Waals surface area contributed by atoms with Crippen LogP contribution in [0.25, 0.3) is 11.1 Å². The highest BCUT2D eigenvalue weighted by Crippen LogP contribution is 2.44. The molecule has 174 valence electrons. The third-order valence-corrected chi connectivity index (χ3v) is 6.72. The number of carboxylic acids is 1. The lowest BCUT2D eigenvalue weighted by Gasteiger charge is -2.15. The van der Waals surface area contributed by atoms with Crippen molar-refractivity contribution < 1.29 is 24.2 Å². The van der Waals surface area contributed by atoms with E-state index in [4.69, 9.17) is 9.84 Å². The standard InChI is InChI=1S/C26H23IN2O5/c1-2-22(25(31)32)28-24(30)15-11-12-23(21(27)13-15)29-26(33)34-14-20-18-9-5-3-7-16(18)17-8-4-6-10-19(17)20/h3-13,20,22H,2,14H2,1H3,(H,28,30)(H,29,33)(H,31,32). The first-order chi connectivity index (χ1) is 16.4. The van der Waals surface area contributed by atoms with E-state index in [1.165, 1.54) is 6.07 Å². The number of hydrogen-bond donors (Lipinski definition) is 3. The Morgan fingerprint density at radius 1 is 1.00 bits per heavy atom. The van der Waals surface area contributed by atoms with Crippen LogP contribution in [-0.4, -0.2) is 35.7 Å². The van der Waals surface area contributed by atoms with Crippen LogP contribution in [0.1, 0.15) is 40.7 Å². The molecular formula is C26H23IN2O5. The highest BCUT2D eigenvalue weighted by Gasteiger charge is 2.29. The molecule has 2 amide bonds. The number of carbonyl (C=O) groups is 3. The number of amides is 2. The molecule has 0 heterocycles. The molecule has 34 heavy (non-hydrogen) atoms. The second kappa shape index (κ2) is 10.3. The van der Waals surface area contributed by atoms with Gasteiger partial charge >= 0.3 is 12.1 Å². The van der Waals surface area contributed by atoms with Crippen LogP contribution in [0.4, 0.5) is 10.5 Å². The van der Waals surface area contributed by atoms with Gasteiger partial charge in [-0.1, -0.05) is 55.5 Å². The second-order valence-corrected chi connectivity index (χ2v) is 9.08. The number of rotatable bonds is 7. The quantitative estimate of drug-likeness (QED) is 0.337. The number of benzene rings is 3. The van der Waals surface area contributed by atoms with Gasteiger partial charge in [0.2, 0.25) is 0 Å². The Hall–Kier alpha value is -3.40. The number of hydrogen-bond acceptors (Lipinski definition) is 4. The molecule has 0 spiro atoms. The van der Waals surface area contributed by atoms with Crippen molar-refractivity contribution in [2.24, 2.45) is 0 Å². The normalized spacial score (nSPS) is 12.9. The Kier molecular flexibility index (Phi) is 7.16. The number of ether oxygens (including phenoxy) is 1. The zero-order valence-electron chi connectivity index (χ0n) is 18.4. The predicted octanol–water partition coefficient (Wildman–Crippen LogP) is 5.25. The molecule has 8 heteroatoms. The molecule has 1 aliphatic carbocycles. The van der Waals surface area contributed by atoms with Gasteiger partial charge in [-0.3, -0.25) is 10.1 Å². The van der Waals surface area contributed by atoms with Crippen molar-refractivity contribution in [1.29, 1.82) is 0 Å². The van der Waals surface area contributed by atoms with Crippen LogP contribution in [-0.2, 0) is 9.53 Å². The van der Waals surface area contributed by atoms with Crippen LogP contribution in [0, 0.1) is 3.57 Å². The lowest BCUT2D eigenvalue weighted by molar-refractivity contribution is -0.139. The van der Waals surface area contributed by atoms with E-state index < -0.39 is 24.0 Å². The molecule has 0 saturated heterocycles. The van der Waals surface area contributed by atoms with Crippen molar-refractivity contribution in [1.82, 2.24) is 5.32 Å². The van der Waals surface area contributed by atoms with Gasteiger partial charge in [0, 0.05) is 15.1 Å². The first kappa shape index (κ1) is 23.7. The monoisotopic (exact) mass is 570 g/mol. The zero-order valence-corrected chi connectivity index (χ0v) is 20.5. The van der Waals surface area contributed by atoms with Gasteiger partial charge in [0.05, 0.1) is 5.69 Å². The maximum Gasteiger partial charge on any atom is 0.411 e. The maximum atomic E-state index is 12.5. The third kappa shape index (κ3) is 4.91. The fourth-order valence-corrected chi connectivity index (χ4v) is 4.73. The van der Waals surface area contributed by atoms with Crippen LogP contribution in [0.2, 0.25) is 0 Å². The summed E-state index contributed by atoms with van der Waals surface area (Å²) in [7, 11) is 0. The van der Waals surface area contributed by atoms with Gasteiger partial charge in [-0.05, 0) is 69.5 Å². The topological polar surface area (TPSA) is 105 Å². The van der Waals surface area contributed by atoms with Gasteiger partial charge in [0.25, 0.3) is 5.91 Å². The summed E-state index contributed by atoms with van der Waals surface area (Å²) in [5.41, 5.74) is 5.38. The summed E-state index contributed by atoms with van der Waals surface area (Å²) in [6, 6.07) is 20.0. The van der Waals surface area contributed by atoms with E-state index in [0.717, 1.165) is 22.3 Å². The fourth-order valence-electron chi connectivity index (χ4n) is 4.08. The van der Waals surface area contributed by atoms with E-state index >= 15 is 0 Å². The number of anilines is 1. The minimum atomic E-state index is -1.08. The Morgan fingerprint density at radius 2 is 1.62 bits per heavy atom. The molecule has 7 nitrogen and oxygen atoms in total. The van der Waals surface area contributed by atoms with Crippen molar-refractivity contribution >= 4 is 46.2 Å². The summed E-state index contributed by atoms with van der Waals surface area (Å²) in [6.45, 7) is 1.88. The Balaban J connectivity index is 1.40. The summed E-state index contributed by atoms with van der Waals surface area (Å²) < 4.78 is 6.20. The van der Waals surface area contributed by atoms with Gasteiger partial charge in [0.1, 0.15) is 12.6 Å². The summed E-state index contributed by atoms with van der Waals surface area (Å²) in [6.07, 6.45) is -0.312. The number of carboxylic acid groups (broad SMARTS) is 1. The lowest BCUT2D eigenvalue weighted by atomic mass is 9.98. The first-order valence-electron chi connectivity index (χ1n) is 10.8. The average Bonchev–Trinajstić information content (AvgIpc) is 3.16. The van der Waals surface area contributed by atoms with E-state index in [-0.39, 0.29) is 18.9 Å². The van der Waals surface area contributed by atoms with Crippen molar-refractivity contribution in [3.63, 3.8) is 0 Å². The van der Waals surface area contributed by atoms with Crippen LogP contribution in [0.15, 0.2) is 66.7 Å². The minimum absolute atomic E-state index is 0.0379. The third-order valence-electron chi connectivity index (χ3n) is 5.82. The smallest absolute Gasteiger partial charge is 0.411 e. The molecule has 0 aromatic heterocycles. The summed E-state index contributed by atoms with van der Waals surface area (Å²) >= 11 is 2.01. The molecule has 3 aromatic rings. The first-order valence-corrected chi connectivity index (χ1v) is 11.9. The Morgan fingerprint density at radius 3 is 2.18 bits per heavy atom. The maximum absolute atomic E-state index is 12.5. The van der Waals surface area contributed by atoms with Gasteiger partial charge < -0.3 is 15.2 Å². The zero-order chi connectivity index (χ0) is 24.2. The van der Waals surface area contributed by atoms with Gasteiger partial charge in [-0.2, -0.15) is 0 Å². The molecule has 4 rings (SSSR count). The Bertz CT molecular complexity index is 1210. The van der Waals surface area contributed by atoms with Crippen LogP contribution < -0.4 is 10.6 Å². The number of halogens is 1. The van der Waals surface area contributed by atoms with Crippen molar-refractivity contribution in [3.8, 4) is 11.1 Å². The molecule has 3 N–H and O–H groups in total. The molecule has 1 aliphatic rings. The molecule has 0 radical (unpaired) electrons. The highest BCUT2D eigenvalue weighted by molar-refractivity contribution is 14.1. The number of fused-ring (bicyclic) bond motifs is 3. The summed E-state index contributed by atoms with van der Waals surface area (Å²) in [5, 5.41) is 14.3. The molecule has 0 aliphatic heterocycles. The van der Waals surface area contributed by atoms with Crippen LogP contribution >= 0.6 is 22.6 Å². The van der Waals surface area contributed by atoms with E-state index in [1.807, 2.05) is 46.9 Å². The van der Waals surface area contributed by atoms with Gasteiger partial charge in [-0.15, -0.1) is 0 Å². The van der Waals surface area contributed by atoms with E-state index in [9.17, 15) is 14.4 Å². The van der Waals surface area contributed by atoms with E-state index in [1.54, 1.807) is 19.1 Å². The molecule has 0 bridgehead atoms. The SMILES string of the molecule is CCC(NC(=O)c1ccc(NC(=O)OCC2c3ccccc3-c3ccccc32)c(I)c1)C(=O)O. The molecule has 3 aromatic carbocycles. The van der Waals surface area contributed by atoms with E-state index in [0.29, 0.717) is 14.8 Å². The van der Waals surface area contributed by atoms with Crippen molar-refractivity contribution in [2.45, 2.75) is 25.3 Å². The van der Waals surface area contributed by atoms with Gasteiger partial charge in [0.15, 0.2) is 0 Å². The molecule has 0 saturated carbocycles. The van der Waals surface area contributed by atoms with Crippen LogP contribution in [0.3, 0.4) is 0 Å². The lowest BCUT2D eigenvalue weighted by Crippen LogP contribution is -2.40. The molecule has 1 atom stereocenters. The Labute approximate surface area is 210 Å². The van der Waals surface area contributed by atoms with Crippen molar-refractivity contribution in [2.75, 3.05) is 11.9 Å². The number of aliphatic carboxylic acids is 1. The largest absolute Gasteiger partial charge is 0.480 e. The van der Waals surface area contributed by atoms with Gasteiger partial charge in [-0.25, -0.2) is 9.59 Å². The average molecular weight is 570 g/mol. The molecular weight excluding hydrogens is 547 g/mol. The van der Waals surface area contributed by atoms with E-state index in [2.05, 4.69) is 34.9 Å². The number of nitrogens with one attached hydrogen (secondary N) is 2. The predicted molar refractivity (Wildman–Crippen MR) is 137 cm³/mol. The second-order valence-electron chi connectivity index (χ2n) is 7.92. The fraction of sp³-hybridized carbons (Fsp3) is 0.192. The van der Waals surface area contributed by atoms with Crippen LogP contribution in [0.5, 0.6) is 0 Å². The highest BCUT2D eigenvalue weighted by atomic mass is 127. The molecule has 1 unspecified atom stereocenters. The summed E-state index contributed by atoms with van der Waals surface area (Å²) in [5.74, 6) is -1.61. The molecule has 0 fully saturated rings. The number of carbonyl (C=O) groups excluding carboxylic acids is 2. The summed E-state index contributed by atoms with van der Waals surface area (Å²) in [4.78, 5) is 36.1.